The Bertz CT molecular complexity index is 575. The Hall–Kier alpha value is -1.95. The van der Waals surface area contributed by atoms with Gasteiger partial charge in [0.05, 0.1) is 4.92 Å². The summed E-state index contributed by atoms with van der Waals surface area (Å²) in [6, 6.07) is 10.7. The minimum Gasteiger partial charge on any atom is -0.360 e. The van der Waals surface area contributed by atoms with Crippen LogP contribution in [0.2, 0.25) is 0 Å². The smallest absolute Gasteiger partial charge is 0.311 e. The Morgan fingerprint density at radius 3 is 2.89 bits per heavy atom. The predicted octanol–water partition coefficient (Wildman–Crippen LogP) is 3.36. The van der Waals surface area contributed by atoms with E-state index in [0.29, 0.717) is 6.54 Å². The number of rotatable bonds is 4. The molecular weight excluding hydrogens is 298 g/mol. The minimum absolute atomic E-state index is 0.0208. The van der Waals surface area contributed by atoms with Gasteiger partial charge in [0, 0.05) is 23.3 Å². The predicted molar refractivity (Wildman–Crippen MR) is 72.4 cm³/mol. The number of hydrogen-bond acceptors (Lipinski definition) is 4. The molecule has 0 fully saturated rings. The van der Waals surface area contributed by atoms with Crippen molar-refractivity contribution < 1.29 is 4.92 Å². The number of pyridine rings is 1. The normalized spacial score (nSPS) is 10.1. The zero-order chi connectivity index (χ0) is 13.0. The van der Waals surface area contributed by atoms with Crippen molar-refractivity contribution in [3.8, 4) is 0 Å². The third-order valence-corrected chi connectivity index (χ3v) is 2.83. The van der Waals surface area contributed by atoms with Crippen molar-refractivity contribution in [3.05, 3.63) is 62.7 Å². The first-order valence-corrected chi connectivity index (χ1v) is 6.04. The molecule has 1 heterocycles. The number of hydrogen-bond donors (Lipinski definition) is 1. The number of halogens is 1. The summed E-state index contributed by atoms with van der Waals surface area (Å²) >= 11 is 3.37. The maximum atomic E-state index is 10.8. The lowest BCUT2D eigenvalue weighted by Gasteiger charge is -2.06. The first-order chi connectivity index (χ1) is 8.66. The second kappa shape index (κ2) is 5.59. The van der Waals surface area contributed by atoms with Gasteiger partial charge in [-0.25, -0.2) is 4.98 Å². The first-order valence-electron chi connectivity index (χ1n) is 5.24. The van der Waals surface area contributed by atoms with Crippen LogP contribution in [-0.4, -0.2) is 9.91 Å². The van der Waals surface area contributed by atoms with E-state index in [1.165, 1.54) is 12.3 Å². The van der Waals surface area contributed by atoms with E-state index in [1.54, 1.807) is 6.07 Å². The minimum atomic E-state index is -0.448. The summed E-state index contributed by atoms with van der Waals surface area (Å²) in [6.07, 6.45) is 1.52. The molecule has 2 aromatic rings. The summed E-state index contributed by atoms with van der Waals surface area (Å²) in [5, 5.41) is 13.8. The van der Waals surface area contributed by atoms with Crippen LogP contribution >= 0.6 is 15.9 Å². The average Bonchev–Trinajstić information content (AvgIpc) is 2.37. The summed E-state index contributed by atoms with van der Waals surface area (Å²) < 4.78 is 0.970. The standard InChI is InChI=1S/C12H10BrN3O2/c13-10-4-1-3-9(7-10)8-15-12-11(16(17)18)5-2-6-14-12/h1-7H,8H2,(H,14,15). The molecule has 5 nitrogen and oxygen atoms in total. The molecule has 0 saturated heterocycles. The number of nitro groups is 1. The summed E-state index contributed by atoms with van der Waals surface area (Å²) in [6.45, 7) is 0.483. The molecule has 0 atom stereocenters. The third-order valence-electron chi connectivity index (χ3n) is 2.33. The van der Waals surface area contributed by atoms with Crippen LogP contribution in [0.15, 0.2) is 47.1 Å². The second-order valence-electron chi connectivity index (χ2n) is 3.61. The van der Waals surface area contributed by atoms with Gasteiger partial charge < -0.3 is 5.32 Å². The third kappa shape index (κ3) is 3.04. The molecule has 0 radical (unpaired) electrons. The van der Waals surface area contributed by atoms with Crippen LogP contribution in [0.3, 0.4) is 0 Å². The van der Waals surface area contributed by atoms with Gasteiger partial charge in [0.25, 0.3) is 0 Å². The van der Waals surface area contributed by atoms with E-state index >= 15 is 0 Å². The van der Waals surface area contributed by atoms with Gasteiger partial charge in [-0.2, -0.15) is 0 Å². The van der Waals surface area contributed by atoms with Crippen LogP contribution in [0.25, 0.3) is 0 Å². The second-order valence-corrected chi connectivity index (χ2v) is 4.53. The highest BCUT2D eigenvalue weighted by molar-refractivity contribution is 9.10. The fourth-order valence-electron chi connectivity index (χ4n) is 1.51. The van der Waals surface area contributed by atoms with Crippen LogP contribution in [0.1, 0.15) is 5.56 Å². The average molecular weight is 308 g/mol. The summed E-state index contributed by atoms with van der Waals surface area (Å²) in [5.41, 5.74) is 0.997. The molecule has 0 aliphatic heterocycles. The Labute approximate surface area is 112 Å². The maximum absolute atomic E-state index is 10.8. The van der Waals surface area contributed by atoms with Gasteiger partial charge in [-0.05, 0) is 23.8 Å². The molecule has 0 saturated carbocycles. The highest BCUT2D eigenvalue weighted by Gasteiger charge is 2.13. The molecule has 6 heteroatoms. The summed E-state index contributed by atoms with van der Waals surface area (Å²) in [7, 11) is 0. The molecule has 1 aromatic carbocycles. The molecule has 92 valence electrons. The Morgan fingerprint density at radius 2 is 2.17 bits per heavy atom. The van der Waals surface area contributed by atoms with Gasteiger partial charge in [0.1, 0.15) is 0 Å². The van der Waals surface area contributed by atoms with Crippen molar-refractivity contribution in [2.75, 3.05) is 5.32 Å². The van der Waals surface area contributed by atoms with Gasteiger partial charge in [-0.3, -0.25) is 10.1 Å². The van der Waals surface area contributed by atoms with E-state index in [4.69, 9.17) is 0 Å². The van der Waals surface area contributed by atoms with E-state index in [-0.39, 0.29) is 11.5 Å². The number of anilines is 1. The molecule has 1 aromatic heterocycles. The molecule has 0 unspecified atom stereocenters. The Kier molecular flexibility index (Phi) is 3.88. The van der Waals surface area contributed by atoms with E-state index in [2.05, 4.69) is 26.2 Å². The first kappa shape index (κ1) is 12.5. The van der Waals surface area contributed by atoms with Crippen LogP contribution in [0.5, 0.6) is 0 Å². The topological polar surface area (TPSA) is 68.1 Å². The number of benzene rings is 1. The van der Waals surface area contributed by atoms with Crippen molar-refractivity contribution in [2.45, 2.75) is 6.54 Å². The van der Waals surface area contributed by atoms with E-state index < -0.39 is 4.92 Å². The van der Waals surface area contributed by atoms with Crippen molar-refractivity contribution in [1.82, 2.24) is 4.98 Å². The van der Waals surface area contributed by atoms with Crippen molar-refractivity contribution in [1.29, 1.82) is 0 Å². The molecule has 0 spiro atoms. The monoisotopic (exact) mass is 307 g/mol. The molecule has 0 amide bonds. The van der Waals surface area contributed by atoms with Crippen molar-refractivity contribution >= 4 is 27.4 Å². The zero-order valence-corrected chi connectivity index (χ0v) is 10.9. The van der Waals surface area contributed by atoms with Gasteiger partial charge in [-0.1, -0.05) is 28.1 Å². The molecular formula is C12H10BrN3O2. The number of nitrogens with zero attached hydrogens (tertiary/aromatic N) is 2. The van der Waals surface area contributed by atoms with Crippen LogP contribution in [0.4, 0.5) is 11.5 Å². The largest absolute Gasteiger partial charge is 0.360 e. The quantitative estimate of drug-likeness (QED) is 0.694. The van der Waals surface area contributed by atoms with Crippen LogP contribution in [-0.2, 0) is 6.54 Å². The SMILES string of the molecule is O=[N+]([O-])c1cccnc1NCc1cccc(Br)c1. The Balaban J connectivity index is 2.13. The van der Waals surface area contributed by atoms with Crippen molar-refractivity contribution in [3.63, 3.8) is 0 Å². The zero-order valence-electron chi connectivity index (χ0n) is 9.34. The van der Waals surface area contributed by atoms with E-state index in [0.717, 1.165) is 10.0 Å². The Morgan fingerprint density at radius 1 is 1.33 bits per heavy atom. The van der Waals surface area contributed by atoms with Gasteiger partial charge >= 0.3 is 5.69 Å². The maximum Gasteiger partial charge on any atom is 0.311 e. The highest BCUT2D eigenvalue weighted by atomic mass is 79.9. The van der Waals surface area contributed by atoms with Gasteiger partial charge in [0.2, 0.25) is 5.82 Å². The van der Waals surface area contributed by atoms with Crippen LogP contribution in [0, 0.1) is 10.1 Å². The lowest BCUT2D eigenvalue weighted by atomic mass is 10.2. The van der Waals surface area contributed by atoms with E-state index in [1.807, 2.05) is 24.3 Å². The molecule has 0 aliphatic rings. The number of aromatic nitrogens is 1. The summed E-state index contributed by atoms with van der Waals surface area (Å²) in [5.74, 6) is 0.280. The molecule has 18 heavy (non-hydrogen) atoms. The van der Waals surface area contributed by atoms with Gasteiger partial charge in [0.15, 0.2) is 0 Å². The molecule has 1 N–H and O–H groups in total. The fraction of sp³-hybridized carbons (Fsp3) is 0.0833. The fourth-order valence-corrected chi connectivity index (χ4v) is 1.96. The summed E-state index contributed by atoms with van der Waals surface area (Å²) in [4.78, 5) is 14.3. The molecule has 0 aliphatic carbocycles. The highest BCUT2D eigenvalue weighted by Crippen LogP contribution is 2.21. The lowest BCUT2D eigenvalue weighted by molar-refractivity contribution is -0.384. The number of nitrogens with one attached hydrogen (secondary N) is 1. The lowest BCUT2D eigenvalue weighted by Crippen LogP contribution is -2.04. The van der Waals surface area contributed by atoms with E-state index in [9.17, 15) is 10.1 Å². The molecule has 2 rings (SSSR count). The van der Waals surface area contributed by atoms with Crippen molar-refractivity contribution in [2.24, 2.45) is 0 Å². The van der Waals surface area contributed by atoms with Crippen LogP contribution < -0.4 is 5.32 Å². The van der Waals surface area contributed by atoms with Gasteiger partial charge in [-0.15, -0.1) is 0 Å². The molecule has 0 bridgehead atoms.